The van der Waals surface area contributed by atoms with E-state index in [0.717, 1.165) is 40.7 Å². The van der Waals surface area contributed by atoms with Crippen molar-refractivity contribution in [3.8, 4) is 5.75 Å². The monoisotopic (exact) mass is 577 g/mol. The number of sulfonamides is 1. The normalized spacial score (nSPS) is 23.6. The van der Waals surface area contributed by atoms with Crippen molar-refractivity contribution in [2.45, 2.75) is 65.3 Å². The number of sulfone groups is 1. The minimum atomic E-state index is -4.94. The highest BCUT2D eigenvalue weighted by molar-refractivity contribution is 7.92. The Balaban J connectivity index is 1.57. The van der Waals surface area contributed by atoms with E-state index in [2.05, 4.69) is 4.74 Å². The lowest BCUT2D eigenvalue weighted by Gasteiger charge is -2.37. The Hall–Kier alpha value is -2.03. The average Bonchev–Trinajstić information content (AvgIpc) is 3.03. The molecule has 2 aliphatic heterocycles. The Bertz CT molecular complexity index is 1350. The summed E-state index contributed by atoms with van der Waals surface area (Å²) in [5, 5.41) is -1.67. The zero-order valence-electron chi connectivity index (χ0n) is 18.1. The summed E-state index contributed by atoms with van der Waals surface area (Å²) in [5.41, 5.74) is -1.30. The average molecular weight is 578 g/mol. The molecule has 2 unspecified atom stereocenters. The summed E-state index contributed by atoms with van der Waals surface area (Å²) in [6.45, 7) is 0. The molecule has 2 fully saturated rings. The highest BCUT2D eigenvalue weighted by Gasteiger charge is 2.50. The van der Waals surface area contributed by atoms with Crippen LogP contribution in [0.25, 0.3) is 0 Å². The van der Waals surface area contributed by atoms with E-state index < -0.39 is 71.0 Å². The zero-order chi connectivity index (χ0) is 26.7. The Labute approximate surface area is 207 Å². The molecule has 15 heteroatoms. The SMILES string of the molecule is O=S(=O)(c1ccc(OC(F)(F)F)cc1)C1CC2CCC(C1)N2S(=O)(=O)c1ccc(Cl)c(C(F)(F)F)c1. The number of alkyl halides is 6. The van der Waals surface area contributed by atoms with Crippen LogP contribution in [0.15, 0.2) is 52.3 Å². The molecule has 0 radical (unpaired) electrons. The second-order valence-electron chi connectivity index (χ2n) is 8.52. The van der Waals surface area contributed by atoms with Gasteiger partial charge in [0.2, 0.25) is 10.0 Å². The van der Waals surface area contributed by atoms with Crippen molar-refractivity contribution in [1.82, 2.24) is 4.31 Å². The first kappa shape index (κ1) is 27.0. The van der Waals surface area contributed by atoms with Crippen LogP contribution >= 0.6 is 11.6 Å². The standard InChI is InChI=1S/C21H18ClF6NO5S2/c22-19-8-7-16(11-18(19)20(23,24)25)36(32,33)29-12-1-2-13(29)10-17(9-12)35(30,31)15-5-3-14(4-6-15)34-21(26,27)28/h3-8,11-13,17H,1-2,9-10H2. The third-order valence-electron chi connectivity index (χ3n) is 6.27. The van der Waals surface area contributed by atoms with Crippen LogP contribution in [0.4, 0.5) is 26.3 Å². The first-order chi connectivity index (χ1) is 16.5. The molecule has 0 spiro atoms. The maximum Gasteiger partial charge on any atom is 0.573 e. The number of halogens is 7. The molecule has 36 heavy (non-hydrogen) atoms. The van der Waals surface area contributed by atoms with Crippen molar-refractivity contribution in [3.63, 3.8) is 0 Å². The molecular weight excluding hydrogens is 560 g/mol. The van der Waals surface area contributed by atoms with Crippen molar-refractivity contribution in [2.24, 2.45) is 0 Å². The third-order valence-corrected chi connectivity index (χ3v) is 10.8. The van der Waals surface area contributed by atoms with E-state index in [1.165, 1.54) is 0 Å². The summed E-state index contributed by atoms with van der Waals surface area (Å²) in [6, 6.07) is 4.44. The molecule has 0 saturated carbocycles. The summed E-state index contributed by atoms with van der Waals surface area (Å²) < 4.78 is 135. The Kier molecular flexibility index (Phi) is 6.80. The number of piperidine rings is 1. The van der Waals surface area contributed by atoms with E-state index in [1.54, 1.807) is 0 Å². The van der Waals surface area contributed by atoms with Crippen LogP contribution in [0.1, 0.15) is 31.2 Å². The van der Waals surface area contributed by atoms with Crippen LogP contribution in [0.3, 0.4) is 0 Å². The molecule has 0 amide bonds. The van der Waals surface area contributed by atoms with E-state index in [4.69, 9.17) is 11.6 Å². The predicted octanol–water partition coefficient (Wildman–Crippen LogP) is 5.42. The van der Waals surface area contributed by atoms with Gasteiger partial charge in [-0.3, -0.25) is 0 Å². The van der Waals surface area contributed by atoms with Gasteiger partial charge in [-0.15, -0.1) is 13.2 Å². The maximum atomic E-state index is 13.3. The number of benzene rings is 2. The van der Waals surface area contributed by atoms with Gasteiger partial charge < -0.3 is 4.74 Å². The minimum Gasteiger partial charge on any atom is -0.406 e. The molecule has 0 N–H and O–H groups in total. The first-order valence-electron chi connectivity index (χ1n) is 10.5. The van der Waals surface area contributed by atoms with E-state index in [9.17, 15) is 43.2 Å². The van der Waals surface area contributed by atoms with Crippen molar-refractivity contribution >= 4 is 31.5 Å². The zero-order valence-corrected chi connectivity index (χ0v) is 20.4. The van der Waals surface area contributed by atoms with Crippen LogP contribution in [-0.4, -0.2) is 44.8 Å². The topological polar surface area (TPSA) is 80.8 Å². The Morgan fingerprint density at radius 1 is 0.833 bits per heavy atom. The third kappa shape index (κ3) is 5.18. The summed E-state index contributed by atoms with van der Waals surface area (Å²) >= 11 is 5.60. The number of nitrogens with zero attached hydrogens (tertiary/aromatic N) is 1. The van der Waals surface area contributed by atoms with E-state index >= 15 is 0 Å². The van der Waals surface area contributed by atoms with Crippen LogP contribution < -0.4 is 4.74 Å². The molecule has 198 valence electrons. The first-order valence-corrected chi connectivity index (χ1v) is 13.9. The van der Waals surface area contributed by atoms with Crippen molar-refractivity contribution in [2.75, 3.05) is 0 Å². The highest BCUT2D eigenvalue weighted by Crippen LogP contribution is 2.44. The second kappa shape index (κ2) is 9.07. The number of hydrogen-bond acceptors (Lipinski definition) is 5. The molecule has 2 aliphatic rings. The fourth-order valence-electron chi connectivity index (χ4n) is 4.76. The van der Waals surface area contributed by atoms with Gasteiger partial charge >= 0.3 is 12.5 Å². The summed E-state index contributed by atoms with van der Waals surface area (Å²) in [7, 11) is -8.44. The molecule has 2 heterocycles. The Morgan fingerprint density at radius 3 is 1.86 bits per heavy atom. The van der Waals surface area contributed by atoms with Gasteiger partial charge in [0.05, 0.1) is 25.6 Å². The van der Waals surface area contributed by atoms with E-state index in [0.29, 0.717) is 18.9 Å². The molecule has 2 aromatic rings. The second-order valence-corrected chi connectivity index (χ2v) is 13.0. The molecule has 2 bridgehead atoms. The van der Waals surface area contributed by atoms with Gasteiger partial charge in [-0.05, 0) is 68.1 Å². The van der Waals surface area contributed by atoms with Gasteiger partial charge in [0, 0.05) is 12.1 Å². The van der Waals surface area contributed by atoms with Gasteiger partial charge in [0.25, 0.3) is 0 Å². The van der Waals surface area contributed by atoms with Gasteiger partial charge in [-0.2, -0.15) is 17.5 Å². The number of rotatable bonds is 5. The minimum absolute atomic E-state index is 0.113. The fourth-order valence-corrected chi connectivity index (χ4v) is 8.75. The van der Waals surface area contributed by atoms with Gasteiger partial charge in [-0.25, -0.2) is 16.8 Å². The molecule has 6 nitrogen and oxygen atoms in total. The number of hydrogen-bond donors (Lipinski definition) is 0. The largest absolute Gasteiger partial charge is 0.573 e. The lowest BCUT2D eigenvalue weighted by atomic mass is 10.1. The predicted molar refractivity (Wildman–Crippen MR) is 116 cm³/mol. The molecule has 0 aliphatic carbocycles. The quantitative estimate of drug-likeness (QED) is 0.444. The molecule has 2 atom stereocenters. The van der Waals surface area contributed by atoms with E-state index in [-0.39, 0.29) is 17.7 Å². The molecule has 0 aromatic heterocycles. The lowest BCUT2D eigenvalue weighted by Crippen LogP contribution is -2.49. The van der Waals surface area contributed by atoms with E-state index in [1.807, 2.05) is 0 Å². The number of ether oxygens (including phenoxy) is 1. The lowest BCUT2D eigenvalue weighted by molar-refractivity contribution is -0.274. The summed E-state index contributed by atoms with van der Waals surface area (Å²) in [6.07, 6.45) is -9.41. The van der Waals surface area contributed by atoms with Crippen LogP contribution in [0.5, 0.6) is 5.75 Å². The van der Waals surface area contributed by atoms with Gasteiger partial charge in [0.1, 0.15) is 5.75 Å². The van der Waals surface area contributed by atoms with Crippen LogP contribution in [0, 0.1) is 0 Å². The molecule has 4 rings (SSSR count). The number of fused-ring (bicyclic) bond motifs is 2. The van der Waals surface area contributed by atoms with Gasteiger partial charge in [0.15, 0.2) is 9.84 Å². The highest BCUT2D eigenvalue weighted by atomic mass is 35.5. The van der Waals surface area contributed by atoms with Gasteiger partial charge in [-0.1, -0.05) is 11.6 Å². The maximum absolute atomic E-state index is 13.3. The molecular formula is C21H18ClF6NO5S2. The van der Waals surface area contributed by atoms with Crippen molar-refractivity contribution in [3.05, 3.63) is 53.1 Å². The van der Waals surface area contributed by atoms with Crippen molar-refractivity contribution < 1.29 is 47.9 Å². The molecule has 2 saturated heterocycles. The summed E-state index contributed by atoms with van der Waals surface area (Å²) in [5.74, 6) is -0.594. The van der Waals surface area contributed by atoms with Crippen LogP contribution in [0.2, 0.25) is 5.02 Å². The summed E-state index contributed by atoms with van der Waals surface area (Å²) in [4.78, 5) is -0.845. The fraction of sp³-hybridized carbons (Fsp3) is 0.429. The molecule has 2 aromatic carbocycles. The van der Waals surface area contributed by atoms with Crippen LogP contribution in [-0.2, 0) is 26.0 Å². The smallest absolute Gasteiger partial charge is 0.406 e. The van der Waals surface area contributed by atoms with Crippen molar-refractivity contribution in [1.29, 1.82) is 0 Å². The Morgan fingerprint density at radius 2 is 1.36 bits per heavy atom.